The van der Waals surface area contributed by atoms with Gasteiger partial charge < -0.3 is 21.3 Å². The van der Waals surface area contributed by atoms with Crippen molar-refractivity contribution in [1.82, 2.24) is 16.0 Å². The first-order valence-corrected chi connectivity index (χ1v) is 14.1. The van der Waals surface area contributed by atoms with Crippen molar-refractivity contribution in [3.63, 3.8) is 0 Å². The molecule has 7 nitrogen and oxygen atoms in total. The van der Waals surface area contributed by atoms with E-state index in [0.717, 1.165) is 24.0 Å². The van der Waals surface area contributed by atoms with Crippen LogP contribution in [0.15, 0.2) is 60.7 Å². The van der Waals surface area contributed by atoms with E-state index >= 15 is 0 Å². The van der Waals surface area contributed by atoms with E-state index in [1.54, 1.807) is 24.3 Å². The molecule has 4 amide bonds. The lowest BCUT2D eigenvalue weighted by molar-refractivity contribution is -0.115. The molecule has 0 spiro atoms. The summed E-state index contributed by atoms with van der Waals surface area (Å²) in [5.74, 6) is -0.844. The Kier molecular flexibility index (Phi) is 9.61. The second-order valence-corrected chi connectivity index (χ2v) is 11.6. The van der Waals surface area contributed by atoms with Crippen LogP contribution in [-0.2, 0) is 16.6 Å². The molecular formula is C30H31Cl3N4O3. The highest BCUT2D eigenvalue weighted by molar-refractivity contribution is 6.41. The molecule has 0 radical (unpaired) electrons. The lowest BCUT2D eigenvalue weighted by Crippen LogP contribution is -2.43. The van der Waals surface area contributed by atoms with E-state index < -0.39 is 5.91 Å². The van der Waals surface area contributed by atoms with Crippen LogP contribution in [0.4, 0.5) is 10.5 Å². The molecule has 0 bridgehead atoms. The van der Waals surface area contributed by atoms with Gasteiger partial charge in [-0.3, -0.25) is 9.59 Å². The number of nitrogens with one attached hydrogen (secondary N) is 4. The lowest BCUT2D eigenvalue weighted by Gasteiger charge is -2.37. The van der Waals surface area contributed by atoms with Crippen LogP contribution in [-0.4, -0.2) is 30.9 Å². The van der Waals surface area contributed by atoms with Crippen LogP contribution in [0.25, 0.3) is 0 Å². The number of hydrogen-bond donors (Lipinski definition) is 4. The summed E-state index contributed by atoms with van der Waals surface area (Å²) in [7, 11) is 0. The predicted molar refractivity (Wildman–Crippen MR) is 161 cm³/mol. The number of hydrogen-bond acceptors (Lipinski definition) is 3. The minimum atomic E-state index is -0.522. The van der Waals surface area contributed by atoms with Crippen molar-refractivity contribution < 1.29 is 14.4 Å². The smallest absolute Gasteiger partial charge is 0.315 e. The summed E-state index contributed by atoms with van der Waals surface area (Å²) in [6.45, 7) is 4.78. The molecule has 210 valence electrons. The monoisotopic (exact) mass is 600 g/mol. The molecule has 4 rings (SSSR count). The van der Waals surface area contributed by atoms with Gasteiger partial charge in [0.25, 0.3) is 5.91 Å². The summed E-state index contributed by atoms with van der Waals surface area (Å²) in [4.78, 5) is 38.0. The van der Waals surface area contributed by atoms with Gasteiger partial charge in [0.2, 0.25) is 5.91 Å². The SMILES string of the molecule is CC1(C)CCC(NC(=O)NCCNC(=O)c2c(Cl)ccc(NC(=O)Cc3cccc(Cl)c3)c2Cl)c2ccccc21. The average Bonchev–Trinajstić information content (AvgIpc) is 2.90. The van der Waals surface area contributed by atoms with Gasteiger partial charge in [0, 0.05) is 18.1 Å². The van der Waals surface area contributed by atoms with Gasteiger partial charge in [0.1, 0.15) is 0 Å². The molecular weight excluding hydrogens is 571 g/mol. The van der Waals surface area contributed by atoms with E-state index in [9.17, 15) is 14.4 Å². The van der Waals surface area contributed by atoms with Crippen molar-refractivity contribution in [3.05, 3.63) is 98.0 Å². The molecule has 3 aromatic carbocycles. The fourth-order valence-corrected chi connectivity index (χ4v) is 5.70. The zero-order chi connectivity index (χ0) is 28.9. The van der Waals surface area contributed by atoms with Crippen molar-refractivity contribution >= 4 is 58.3 Å². The summed E-state index contributed by atoms with van der Waals surface area (Å²) in [6.07, 6.45) is 1.89. The standard InChI is InChI=1S/C30H31Cl3N4O3/c1-30(2)13-12-23(20-8-3-4-9-21(20)30)37-29(40)35-15-14-34-28(39)26-22(32)10-11-24(27(26)33)36-25(38)17-18-6-5-7-19(31)16-18/h3-11,16,23H,12-15,17H2,1-2H3,(H,34,39)(H,36,38)(H2,35,37,40). The van der Waals surface area contributed by atoms with Crippen LogP contribution in [0, 0.1) is 0 Å². The fraction of sp³-hybridized carbons (Fsp3) is 0.300. The van der Waals surface area contributed by atoms with Gasteiger partial charge in [-0.15, -0.1) is 0 Å². The van der Waals surface area contributed by atoms with E-state index in [-0.39, 0.29) is 64.2 Å². The molecule has 1 unspecified atom stereocenters. The van der Waals surface area contributed by atoms with Crippen molar-refractivity contribution in [2.75, 3.05) is 18.4 Å². The first-order chi connectivity index (χ1) is 19.0. The zero-order valence-corrected chi connectivity index (χ0v) is 24.5. The van der Waals surface area contributed by atoms with Gasteiger partial charge in [-0.1, -0.05) is 85.0 Å². The second kappa shape index (κ2) is 12.9. The summed E-state index contributed by atoms with van der Waals surface area (Å²) in [6, 6.07) is 17.8. The number of benzene rings is 3. The number of carbonyl (C=O) groups is 3. The Labute approximate surface area is 249 Å². The van der Waals surface area contributed by atoms with E-state index in [1.165, 1.54) is 17.7 Å². The molecule has 10 heteroatoms. The van der Waals surface area contributed by atoms with Crippen molar-refractivity contribution in [2.24, 2.45) is 0 Å². The summed E-state index contributed by atoms with van der Waals surface area (Å²) in [5.41, 5.74) is 3.48. The number of amides is 4. The third kappa shape index (κ3) is 7.27. The zero-order valence-electron chi connectivity index (χ0n) is 22.2. The molecule has 0 saturated heterocycles. The summed E-state index contributed by atoms with van der Waals surface area (Å²) < 4.78 is 0. The molecule has 1 aliphatic rings. The van der Waals surface area contributed by atoms with Gasteiger partial charge in [-0.25, -0.2) is 4.79 Å². The van der Waals surface area contributed by atoms with E-state index in [4.69, 9.17) is 34.8 Å². The van der Waals surface area contributed by atoms with Crippen LogP contribution < -0.4 is 21.3 Å². The quantitative estimate of drug-likeness (QED) is 0.217. The maximum atomic E-state index is 12.9. The maximum absolute atomic E-state index is 12.9. The van der Waals surface area contributed by atoms with Gasteiger partial charge >= 0.3 is 6.03 Å². The molecule has 3 aromatic rings. The number of halogens is 3. The molecule has 40 heavy (non-hydrogen) atoms. The lowest BCUT2D eigenvalue weighted by atomic mass is 9.71. The topological polar surface area (TPSA) is 99.3 Å². The number of urea groups is 1. The summed E-state index contributed by atoms with van der Waals surface area (Å²) >= 11 is 18.7. The van der Waals surface area contributed by atoms with E-state index in [1.807, 2.05) is 12.1 Å². The Morgan fingerprint density at radius 3 is 2.45 bits per heavy atom. The fourth-order valence-electron chi connectivity index (χ4n) is 4.90. The molecule has 0 heterocycles. The van der Waals surface area contributed by atoms with E-state index in [2.05, 4.69) is 47.2 Å². The Balaban J connectivity index is 1.29. The van der Waals surface area contributed by atoms with Gasteiger partial charge in [-0.2, -0.15) is 0 Å². The Morgan fingerprint density at radius 1 is 0.925 bits per heavy atom. The summed E-state index contributed by atoms with van der Waals surface area (Å²) in [5, 5.41) is 12.0. The van der Waals surface area contributed by atoms with Crippen molar-refractivity contribution in [3.8, 4) is 0 Å². The van der Waals surface area contributed by atoms with E-state index in [0.29, 0.717) is 5.02 Å². The van der Waals surface area contributed by atoms with Crippen LogP contribution in [0.3, 0.4) is 0 Å². The molecule has 1 atom stereocenters. The molecule has 1 aliphatic carbocycles. The number of carbonyl (C=O) groups excluding carboxylic acids is 3. The molecule has 0 aromatic heterocycles. The Morgan fingerprint density at radius 2 is 1.68 bits per heavy atom. The normalized spacial score (nSPS) is 15.5. The highest BCUT2D eigenvalue weighted by Crippen LogP contribution is 2.41. The van der Waals surface area contributed by atoms with Gasteiger partial charge in [-0.05, 0) is 59.2 Å². The first kappa shape index (κ1) is 29.7. The largest absolute Gasteiger partial charge is 0.350 e. The maximum Gasteiger partial charge on any atom is 0.315 e. The van der Waals surface area contributed by atoms with Crippen LogP contribution >= 0.6 is 34.8 Å². The predicted octanol–water partition coefficient (Wildman–Crippen LogP) is 6.67. The first-order valence-electron chi connectivity index (χ1n) is 13.0. The molecule has 0 saturated carbocycles. The minimum Gasteiger partial charge on any atom is -0.350 e. The van der Waals surface area contributed by atoms with Crippen LogP contribution in [0.2, 0.25) is 15.1 Å². The van der Waals surface area contributed by atoms with Gasteiger partial charge in [0.15, 0.2) is 0 Å². The third-order valence-corrected chi connectivity index (χ3v) is 7.91. The highest BCUT2D eigenvalue weighted by atomic mass is 35.5. The number of anilines is 1. The highest BCUT2D eigenvalue weighted by Gasteiger charge is 2.32. The Bertz CT molecular complexity index is 1430. The van der Waals surface area contributed by atoms with Crippen LogP contribution in [0.5, 0.6) is 0 Å². The average molecular weight is 602 g/mol. The number of rotatable bonds is 8. The molecule has 0 aliphatic heterocycles. The molecule has 4 N–H and O–H groups in total. The third-order valence-electron chi connectivity index (χ3n) is 6.97. The van der Waals surface area contributed by atoms with Gasteiger partial charge in [0.05, 0.1) is 33.8 Å². The second-order valence-electron chi connectivity index (χ2n) is 10.4. The van der Waals surface area contributed by atoms with Crippen LogP contribution in [0.1, 0.15) is 59.8 Å². The number of fused-ring (bicyclic) bond motifs is 1. The minimum absolute atomic E-state index is 0.0223. The Hall–Kier alpha value is -3.26. The van der Waals surface area contributed by atoms with Crippen molar-refractivity contribution in [1.29, 1.82) is 0 Å². The molecule has 0 fully saturated rings. The van der Waals surface area contributed by atoms with Crippen molar-refractivity contribution in [2.45, 2.75) is 44.6 Å².